The van der Waals surface area contributed by atoms with Crippen molar-refractivity contribution < 1.29 is 37.5 Å². The molecule has 5 amide bonds. The van der Waals surface area contributed by atoms with E-state index in [2.05, 4.69) is 25.7 Å². The van der Waals surface area contributed by atoms with E-state index in [1.807, 2.05) is 17.0 Å². The highest BCUT2D eigenvalue weighted by atomic mass is 19.1. The molecule has 5 heterocycles. The number of nitrogens with zero attached hydrogens (tertiary/aromatic N) is 6. The summed E-state index contributed by atoms with van der Waals surface area (Å²) in [6, 6.07) is 16.1. The summed E-state index contributed by atoms with van der Waals surface area (Å²) in [5.41, 5.74) is 1.31. The Hall–Kier alpha value is -6.11. The molecule has 1 aromatic heterocycles. The fraction of sp³-hybridized carbons (Fsp3) is 0.545. The van der Waals surface area contributed by atoms with Gasteiger partial charge < -0.3 is 35.0 Å². The number of amides is 5. The third-order valence-electron chi connectivity index (χ3n) is 16.1. The second-order valence-corrected chi connectivity index (χ2v) is 21.1. The molecule has 388 valence electrons. The van der Waals surface area contributed by atoms with Crippen molar-refractivity contribution in [3.63, 3.8) is 0 Å². The van der Waals surface area contributed by atoms with E-state index in [0.717, 1.165) is 57.8 Å². The summed E-state index contributed by atoms with van der Waals surface area (Å²) in [4.78, 5) is 89.1. The molecule has 0 radical (unpaired) electrons. The highest BCUT2D eigenvalue weighted by molar-refractivity contribution is 5.98. The molecule has 10 rings (SSSR count). The molecule has 1 atom stereocenters. The molecule has 0 bridgehead atoms. The number of carbonyl (C=O) groups is 5. The topological polar surface area (TPSA) is 181 Å². The molecule has 4 aromatic rings. The molecule has 6 fully saturated rings. The number of benzene rings is 3. The average Bonchev–Trinajstić information content (AvgIpc) is 4.24. The van der Waals surface area contributed by atoms with Crippen LogP contribution < -0.4 is 16.2 Å². The number of aromatic nitrogens is 2. The molecule has 4 saturated heterocycles. The Balaban J connectivity index is 0.654. The molecule has 0 spiro atoms. The smallest absolute Gasteiger partial charge is 0.272 e. The van der Waals surface area contributed by atoms with Gasteiger partial charge in [0.1, 0.15) is 17.7 Å². The number of carbonyl (C=O) groups excluding carboxylic acids is 5. The van der Waals surface area contributed by atoms with Crippen molar-refractivity contribution in [2.24, 2.45) is 5.92 Å². The number of nitrogens with one attached hydrogen (secondary N) is 3. The van der Waals surface area contributed by atoms with Gasteiger partial charge in [-0.2, -0.15) is 5.10 Å². The van der Waals surface area contributed by atoms with Crippen LogP contribution in [-0.2, 0) is 25.5 Å². The normalized spacial score (nSPS) is 20.2. The van der Waals surface area contributed by atoms with Crippen LogP contribution in [0.25, 0.3) is 10.8 Å². The summed E-state index contributed by atoms with van der Waals surface area (Å²) in [7, 11) is 0. The Morgan fingerprint density at radius 3 is 2.10 bits per heavy atom. The number of hydrogen-bond acceptors (Lipinski definition) is 10. The van der Waals surface area contributed by atoms with Crippen LogP contribution in [0.1, 0.15) is 114 Å². The van der Waals surface area contributed by atoms with E-state index in [0.29, 0.717) is 105 Å². The van der Waals surface area contributed by atoms with Gasteiger partial charge in [0.15, 0.2) is 0 Å². The van der Waals surface area contributed by atoms with Crippen LogP contribution in [0.15, 0.2) is 65.5 Å². The Morgan fingerprint density at radius 2 is 1.38 bits per heavy atom. The zero-order chi connectivity index (χ0) is 50.6. The molecule has 18 heteroatoms. The van der Waals surface area contributed by atoms with Crippen molar-refractivity contribution in [3.05, 3.63) is 111 Å². The van der Waals surface area contributed by atoms with Gasteiger partial charge in [-0.3, -0.25) is 33.7 Å². The average molecular weight is 1000 g/mol. The number of rotatable bonds is 15. The van der Waals surface area contributed by atoms with Gasteiger partial charge in [0.25, 0.3) is 17.4 Å². The van der Waals surface area contributed by atoms with Gasteiger partial charge in [0.2, 0.25) is 17.7 Å². The number of hydrogen-bond donors (Lipinski definition) is 3. The zero-order valence-electron chi connectivity index (χ0n) is 41.5. The van der Waals surface area contributed by atoms with Crippen molar-refractivity contribution in [3.8, 4) is 0 Å². The fourth-order valence-electron chi connectivity index (χ4n) is 11.5. The monoisotopic (exact) mass is 1000 g/mol. The number of ether oxygens (including phenoxy) is 1. The molecule has 16 nitrogen and oxygen atoms in total. The second-order valence-electron chi connectivity index (χ2n) is 21.1. The molecule has 0 unspecified atom stereocenters. The van der Waals surface area contributed by atoms with E-state index in [9.17, 15) is 28.8 Å². The van der Waals surface area contributed by atoms with Crippen LogP contribution in [0.4, 0.5) is 8.78 Å². The third-order valence-corrected chi connectivity index (χ3v) is 16.1. The molecule has 73 heavy (non-hydrogen) atoms. The summed E-state index contributed by atoms with van der Waals surface area (Å²) in [5, 5.41) is 14.2. The number of H-pyrrole nitrogens is 1. The van der Waals surface area contributed by atoms with Crippen LogP contribution in [0.3, 0.4) is 0 Å². The van der Waals surface area contributed by atoms with Crippen LogP contribution in [0.5, 0.6) is 0 Å². The molecule has 3 N–H and O–H groups in total. The first-order valence-electron chi connectivity index (χ1n) is 26.5. The van der Waals surface area contributed by atoms with Crippen LogP contribution >= 0.6 is 0 Å². The minimum Gasteiger partial charge on any atom is -0.375 e. The summed E-state index contributed by atoms with van der Waals surface area (Å²) >= 11 is 0. The summed E-state index contributed by atoms with van der Waals surface area (Å²) in [6.45, 7) is 5.05. The lowest BCUT2D eigenvalue weighted by atomic mass is 9.83. The molecule has 4 aliphatic heterocycles. The van der Waals surface area contributed by atoms with Gasteiger partial charge in [0, 0.05) is 89.2 Å². The minimum atomic E-state index is -0.753. The summed E-state index contributed by atoms with van der Waals surface area (Å²) in [6.07, 6.45) is 10.1. The number of piperidine rings is 2. The lowest BCUT2D eigenvalue weighted by Crippen LogP contribution is -2.55. The maximum atomic E-state index is 16.1. The fourth-order valence-corrected chi connectivity index (χ4v) is 11.5. The minimum absolute atomic E-state index is 0.00495. The van der Waals surface area contributed by atoms with Crippen LogP contribution in [0.2, 0.25) is 0 Å². The van der Waals surface area contributed by atoms with Gasteiger partial charge >= 0.3 is 0 Å². The first kappa shape index (κ1) is 50.4. The van der Waals surface area contributed by atoms with E-state index in [-0.39, 0.29) is 84.6 Å². The predicted octanol–water partition coefficient (Wildman–Crippen LogP) is 4.61. The van der Waals surface area contributed by atoms with E-state index in [4.69, 9.17) is 4.74 Å². The Kier molecular flexibility index (Phi) is 15.6. The molecule has 2 aliphatic carbocycles. The zero-order valence-corrected chi connectivity index (χ0v) is 41.5. The van der Waals surface area contributed by atoms with Crippen molar-refractivity contribution in [2.75, 3.05) is 78.5 Å². The van der Waals surface area contributed by atoms with E-state index < -0.39 is 29.5 Å². The highest BCUT2D eigenvalue weighted by Crippen LogP contribution is 2.33. The Morgan fingerprint density at radius 1 is 0.699 bits per heavy atom. The first-order valence-corrected chi connectivity index (χ1v) is 26.5. The van der Waals surface area contributed by atoms with Gasteiger partial charge in [0.05, 0.1) is 47.5 Å². The quantitative estimate of drug-likeness (QED) is 0.152. The van der Waals surface area contributed by atoms with Crippen LogP contribution in [0, 0.1) is 17.6 Å². The third kappa shape index (κ3) is 11.8. The maximum absolute atomic E-state index is 16.1. The maximum Gasteiger partial charge on any atom is 0.272 e. The first-order chi connectivity index (χ1) is 35.4. The van der Waals surface area contributed by atoms with Crippen molar-refractivity contribution in [1.29, 1.82) is 0 Å². The Labute approximate surface area is 424 Å². The number of fused-ring (bicyclic) bond motifs is 1. The van der Waals surface area contributed by atoms with Crippen molar-refractivity contribution >= 4 is 40.3 Å². The van der Waals surface area contributed by atoms with Gasteiger partial charge in [-0.15, -0.1) is 0 Å². The number of piperazine rings is 1. The summed E-state index contributed by atoms with van der Waals surface area (Å²) in [5.74, 6) is -2.58. The Bertz CT molecular complexity index is 2730. The largest absolute Gasteiger partial charge is 0.375 e. The lowest BCUT2D eigenvalue weighted by Gasteiger charge is -2.40. The molecular formula is C55H67F2N9O7. The molecule has 2 saturated carbocycles. The molecule has 3 aromatic carbocycles. The second kappa shape index (κ2) is 22.6. The molecular weight excluding hydrogens is 937 g/mol. The van der Waals surface area contributed by atoms with Crippen molar-refractivity contribution in [2.45, 2.75) is 107 Å². The van der Waals surface area contributed by atoms with Crippen molar-refractivity contribution in [1.82, 2.24) is 45.3 Å². The predicted molar refractivity (Wildman–Crippen MR) is 269 cm³/mol. The van der Waals surface area contributed by atoms with E-state index in [1.54, 1.807) is 51.1 Å². The van der Waals surface area contributed by atoms with Crippen LogP contribution in [-0.4, -0.2) is 167 Å². The molecule has 6 aliphatic rings. The van der Waals surface area contributed by atoms with E-state index >= 15 is 8.78 Å². The standard InChI is InChI=1S/C55H67F2N9O7/c56-46-16-13-35(30-47-42-9-4-5-10-43(42)53(70)61-60-47)29-45(46)54(71)65-27-25-63(26-28-65)49(68)34-62-21-17-39(18-22-62)73-40-19-23-64(24-20-40)55(72)51(36-7-2-1-3-8-36)59-52(69)44-12-6-11-41(50(44)57)37-32-66(33-37)48(67)31-58-38-14-15-38/h4-6,9-13,16,29,36-40,51,58H,1-3,7-8,14-15,17-28,30-34H2,(H,59,69)(H,61,70)/t51-/m1/s1. The van der Waals surface area contributed by atoms with Gasteiger partial charge in [-0.25, -0.2) is 13.9 Å². The number of aromatic amines is 1. The van der Waals surface area contributed by atoms with Gasteiger partial charge in [-0.1, -0.05) is 55.7 Å². The van der Waals surface area contributed by atoms with Gasteiger partial charge in [-0.05, 0) is 92.7 Å². The number of likely N-dealkylation sites (tertiary alicyclic amines) is 3. The highest BCUT2D eigenvalue weighted by Gasteiger charge is 2.39. The SMILES string of the molecule is O=C(N[C@@H](C(=O)N1CCC(OC2CCN(CC(=O)N3CCN(C(=O)c4cc(Cc5n[nH]c(=O)c6ccccc56)ccc4F)CC3)CC2)CC1)C1CCCCC1)c1cccc(C2CN(C(=O)CNC3CC3)C2)c1F. The summed E-state index contributed by atoms with van der Waals surface area (Å²) < 4.78 is 37.8. The van der Waals surface area contributed by atoms with E-state index in [1.165, 1.54) is 12.1 Å². The lowest BCUT2D eigenvalue weighted by molar-refractivity contribution is -0.140. The number of halogens is 2.